The van der Waals surface area contributed by atoms with E-state index in [9.17, 15) is 0 Å². The van der Waals surface area contributed by atoms with E-state index in [1.165, 1.54) is 5.56 Å². The Kier molecular flexibility index (Phi) is 4.09. The number of nitrogens with zero attached hydrogens (tertiary/aromatic N) is 2. The van der Waals surface area contributed by atoms with Gasteiger partial charge in [-0.2, -0.15) is 0 Å². The second-order valence-electron chi connectivity index (χ2n) is 6.33. The molecule has 124 valence electrons. The Labute approximate surface area is 141 Å². The van der Waals surface area contributed by atoms with Crippen molar-refractivity contribution in [3.05, 3.63) is 54.6 Å². The van der Waals surface area contributed by atoms with Gasteiger partial charge in [-0.05, 0) is 55.1 Å². The summed E-state index contributed by atoms with van der Waals surface area (Å²) in [6, 6.07) is 9.99. The number of likely N-dealkylation sites (tertiary alicyclic amines) is 1. The monoisotopic (exact) mass is 323 g/mol. The molecular weight excluding hydrogens is 302 g/mol. The molecule has 0 bridgehead atoms. The van der Waals surface area contributed by atoms with Crippen LogP contribution in [0.15, 0.2) is 53.5 Å². The van der Waals surface area contributed by atoms with Crippen LogP contribution in [-0.2, 0) is 6.54 Å². The zero-order valence-electron chi connectivity index (χ0n) is 13.5. The lowest BCUT2D eigenvalue weighted by atomic mass is 10.1. The Morgan fingerprint density at radius 1 is 1.29 bits per heavy atom. The maximum Gasteiger partial charge on any atom is 0.131 e. The zero-order chi connectivity index (χ0) is 16.4. The molecule has 0 unspecified atom stereocenters. The van der Waals surface area contributed by atoms with Crippen LogP contribution in [0.1, 0.15) is 18.4 Å². The van der Waals surface area contributed by atoms with Crippen molar-refractivity contribution in [3.8, 4) is 5.75 Å². The zero-order valence-corrected chi connectivity index (χ0v) is 13.5. The summed E-state index contributed by atoms with van der Waals surface area (Å²) in [7, 11) is 0. The molecule has 0 radical (unpaired) electrons. The second-order valence-corrected chi connectivity index (χ2v) is 6.33. The van der Waals surface area contributed by atoms with E-state index in [2.05, 4.69) is 9.88 Å². The predicted molar refractivity (Wildman–Crippen MR) is 93.8 cm³/mol. The molecule has 4 rings (SSSR count). The number of piperidine rings is 1. The minimum absolute atomic E-state index is 0.210. The van der Waals surface area contributed by atoms with Gasteiger partial charge in [0.25, 0.3) is 0 Å². The number of benzene rings is 1. The van der Waals surface area contributed by atoms with Gasteiger partial charge in [0.15, 0.2) is 0 Å². The number of nitrogens with two attached hydrogens (primary N) is 1. The summed E-state index contributed by atoms with van der Waals surface area (Å²) < 4.78 is 11.4. The van der Waals surface area contributed by atoms with E-state index < -0.39 is 0 Å². The molecule has 0 saturated carbocycles. The van der Waals surface area contributed by atoms with E-state index in [0.717, 1.165) is 49.0 Å². The van der Waals surface area contributed by atoms with Crippen molar-refractivity contribution in [2.45, 2.75) is 25.5 Å². The number of rotatable bonds is 4. The van der Waals surface area contributed by atoms with E-state index in [4.69, 9.17) is 14.9 Å². The highest BCUT2D eigenvalue weighted by atomic mass is 16.5. The predicted octanol–water partition coefficient (Wildman–Crippen LogP) is 3.45. The molecule has 1 saturated heterocycles. The van der Waals surface area contributed by atoms with E-state index >= 15 is 0 Å². The Hall–Kier alpha value is -2.53. The Morgan fingerprint density at radius 2 is 2.25 bits per heavy atom. The number of hydrogen-bond acceptors (Lipinski definition) is 5. The van der Waals surface area contributed by atoms with Gasteiger partial charge in [-0.15, -0.1) is 0 Å². The van der Waals surface area contributed by atoms with E-state index in [-0.39, 0.29) is 6.10 Å². The largest absolute Gasteiger partial charge is 0.489 e. The Balaban J connectivity index is 1.44. The first-order valence-corrected chi connectivity index (χ1v) is 8.32. The molecule has 5 nitrogen and oxygen atoms in total. The number of aromatic nitrogens is 1. The summed E-state index contributed by atoms with van der Waals surface area (Å²) >= 11 is 0. The maximum absolute atomic E-state index is 6.23. The molecule has 24 heavy (non-hydrogen) atoms. The van der Waals surface area contributed by atoms with Crippen LogP contribution in [-0.4, -0.2) is 29.1 Å². The van der Waals surface area contributed by atoms with Gasteiger partial charge in [-0.3, -0.25) is 4.90 Å². The number of nitrogen functional groups attached to an aromatic ring is 1. The summed E-state index contributed by atoms with van der Waals surface area (Å²) in [4.78, 5) is 6.54. The number of ether oxygens (including phenoxy) is 1. The molecule has 1 aliphatic rings. The lowest BCUT2D eigenvalue weighted by Crippen LogP contribution is -2.40. The molecule has 1 aliphatic heterocycles. The van der Waals surface area contributed by atoms with Gasteiger partial charge < -0.3 is 14.9 Å². The minimum Gasteiger partial charge on any atom is -0.489 e. The fraction of sp³-hybridized carbons (Fsp3) is 0.316. The van der Waals surface area contributed by atoms with Crippen molar-refractivity contribution in [2.75, 3.05) is 18.8 Å². The maximum atomic E-state index is 6.23. The number of furan rings is 1. The van der Waals surface area contributed by atoms with Crippen molar-refractivity contribution < 1.29 is 9.15 Å². The third-order valence-electron chi connectivity index (χ3n) is 4.52. The molecular formula is C19H21N3O2. The van der Waals surface area contributed by atoms with Gasteiger partial charge >= 0.3 is 0 Å². The van der Waals surface area contributed by atoms with Crippen LogP contribution in [0.4, 0.5) is 5.82 Å². The van der Waals surface area contributed by atoms with Gasteiger partial charge in [0.2, 0.25) is 0 Å². The first-order valence-electron chi connectivity index (χ1n) is 8.32. The van der Waals surface area contributed by atoms with Gasteiger partial charge in [0.1, 0.15) is 17.7 Å². The first-order chi connectivity index (χ1) is 11.8. The molecule has 0 amide bonds. The van der Waals surface area contributed by atoms with Crippen molar-refractivity contribution in [3.63, 3.8) is 0 Å². The number of fused-ring (bicyclic) bond motifs is 1. The summed E-state index contributed by atoms with van der Waals surface area (Å²) in [5, 5.41) is 2.03. The fourth-order valence-electron chi connectivity index (χ4n) is 3.34. The fourth-order valence-corrected chi connectivity index (χ4v) is 3.34. The summed E-state index contributed by atoms with van der Waals surface area (Å²) in [5.74, 6) is 1.45. The second kappa shape index (κ2) is 6.53. The standard InChI is InChI=1S/C19H21N3O2/c20-19-18-4-3-16(10-15(18)5-7-21-19)24-17-2-1-8-22(12-17)11-14-6-9-23-13-14/h3-7,9-10,13,17H,1-2,8,11-12H2,(H2,20,21)/t17-/m0/s1. The topological polar surface area (TPSA) is 64.5 Å². The molecule has 1 atom stereocenters. The molecule has 3 aromatic rings. The average molecular weight is 323 g/mol. The molecule has 5 heteroatoms. The van der Waals surface area contributed by atoms with Crippen LogP contribution in [0.3, 0.4) is 0 Å². The van der Waals surface area contributed by atoms with Crippen molar-refractivity contribution in [1.29, 1.82) is 0 Å². The van der Waals surface area contributed by atoms with Crippen LogP contribution in [0.25, 0.3) is 10.8 Å². The van der Waals surface area contributed by atoms with E-state index in [0.29, 0.717) is 5.82 Å². The third-order valence-corrected chi connectivity index (χ3v) is 4.52. The Morgan fingerprint density at radius 3 is 3.12 bits per heavy atom. The Bertz CT molecular complexity index is 817. The molecule has 3 heterocycles. The average Bonchev–Trinajstić information content (AvgIpc) is 3.08. The van der Waals surface area contributed by atoms with Crippen LogP contribution in [0.2, 0.25) is 0 Å². The molecule has 1 aromatic carbocycles. The lowest BCUT2D eigenvalue weighted by molar-refractivity contribution is 0.0843. The lowest BCUT2D eigenvalue weighted by Gasteiger charge is -2.32. The highest BCUT2D eigenvalue weighted by Crippen LogP contribution is 2.26. The van der Waals surface area contributed by atoms with Gasteiger partial charge in [0.05, 0.1) is 12.5 Å². The van der Waals surface area contributed by atoms with E-state index in [1.54, 1.807) is 12.5 Å². The molecule has 1 fully saturated rings. The SMILES string of the molecule is Nc1nccc2cc(O[C@H]3CCCN(Cc4ccoc4)C3)ccc12. The van der Waals surface area contributed by atoms with Crippen molar-refractivity contribution >= 4 is 16.6 Å². The van der Waals surface area contributed by atoms with Crippen LogP contribution in [0, 0.1) is 0 Å². The first kappa shape index (κ1) is 15.0. The number of pyridine rings is 1. The van der Waals surface area contributed by atoms with Crippen molar-refractivity contribution in [1.82, 2.24) is 9.88 Å². The minimum atomic E-state index is 0.210. The molecule has 0 aliphatic carbocycles. The molecule has 2 N–H and O–H groups in total. The van der Waals surface area contributed by atoms with Crippen molar-refractivity contribution in [2.24, 2.45) is 0 Å². The normalized spacial score (nSPS) is 18.8. The summed E-state index contributed by atoms with van der Waals surface area (Å²) in [5.41, 5.74) is 7.12. The highest BCUT2D eigenvalue weighted by molar-refractivity contribution is 5.91. The van der Waals surface area contributed by atoms with Crippen LogP contribution in [0.5, 0.6) is 5.75 Å². The highest BCUT2D eigenvalue weighted by Gasteiger charge is 2.21. The summed E-state index contributed by atoms with van der Waals surface area (Å²) in [6.07, 6.45) is 7.71. The van der Waals surface area contributed by atoms with Gasteiger partial charge in [-0.25, -0.2) is 4.98 Å². The number of hydrogen-bond donors (Lipinski definition) is 1. The quantitative estimate of drug-likeness (QED) is 0.796. The van der Waals surface area contributed by atoms with Crippen LogP contribution < -0.4 is 10.5 Å². The molecule has 2 aromatic heterocycles. The number of anilines is 1. The van der Waals surface area contributed by atoms with Gasteiger partial charge in [-0.1, -0.05) is 0 Å². The molecule has 0 spiro atoms. The van der Waals surface area contributed by atoms with E-state index in [1.807, 2.05) is 36.6 Å². The summed E-state index contributed by atoms with van der Waals surface area (Å²) in [6.45, 7) is 2.95. The van der Waals surface area contributed by atoms with Crippen LogP contribution >= 0.6 is 0 Å². The smallest absolute Gasteiger partial charge is 0.131 e. The van der Waals surface area contributed by atoms with Gasteiger partial charge in [0, 0.05) is 30.2 Å². The third kappa shape index (κ3) is 3.21.